The number of alkyl halides is 3. The van der Waals surface area contributed by atoms with Crippen molar-refractivity contribution in [1.82, 2.24) is 9.97 Å². The molecule has 1 heterocycles. The van der Waals surface area contributed by atoms with Crippen molar-refractivity contribution >= 4 is 11.6 Å². The van der Waals surface area contributed by atoms with Crippen LogP contribution in [0.25, 0.3) is 0 Å². The molecule has 0 aromatic carbocycles. The Morgan fingerprint density at radius 2 is 1.94 bits per heavy atom. The van der Waals surface area contributed by atoms with Crippen molar-refractivity contribution in [3.8, 4) is 0 Å². The summed E-state index contributed by atoms with van der Waals surface area (Å²) in [7, 11) is 1.69. The van der Waals surface area contributed by atoms with Crippen LogP contribution in [0.2, 0.25) is 0 Å². The Balaban J connectivity index is 3.12. The monoisotopic (exact) mass is 262 g/mol. The van der Waals surface area contributed by atoms with E-state index >= 15 is 0 Å². The Bertz CT molecular complexity index is 392. The predicted octanol–water partition coefficient (Wildman–Crippen LogP) is 2.77. The van der Waals surface area contributed by atoms with Gasteiger partial charge >= 0.3 is 6.18 Å². The second kappa shape index (κ2) is 5.88. The number of nitrogens with one attached hydrogen (secondary N) is 1. The van der Waals surface area contributed by atoms with Gasteiger partial charge in [-0.1, -0.05) is 6.92 Å². The topological polar surface area (TPSA) is 41.0 Å². The van der Waals surface area contributed by atoms with E-state index in [1.165, 1.54) is 6.07 Å². The van der Waals surface area contributed by atoms with Crippen molar-refractivity contribution in [3.05, 3.63) is 11.9 Å². The van der Waals surface area contributed by atoms with Crippen LogP contribution < -0.4 is 10.2 Å². The van der Waals surface area contributed by atoms with Crippen molar-refractivity contribution in [2.24, 2.45) is 0 Å². The summed E-state index contributed by atoms with van der Waals surface area (Å²) in [5.74, 6) is -0.646. The van der Waals surface area contributed by atoms with Gasteiger partial charge in [0.15, 0.2) is 0 Å². The highest BCUT2D eigenvalue weighted by Crippen LogP contribution is 2.28. The first-order valence-electron chi connectivity index (χ1n) is 5.79. The standard InChI is InChI=1S/C11H17F3N4/c1-4-6-15-8-7-9(18(3)5-2)17-10(16-8)11(12,13)14/h7H,4-6H2,1-3H3,(H,15,16,17). The maximum absolute atomic E-state index is 12.7. The number of aromatic nitrogens is 2. The minimum Gasteiger partial charge on any atom is -0.370 e. The molecule has 102 valence electrons. The quantitative estimate of drug-likeness (QED) is 0.886. The lowest BCUT2D eigenvalue weighted by atomic mass is 10.4. The number of rotatable bonds is 5. The first-order valence-corrected chi connectivity index (χ1v) is 5.79. The Morgan fingerprint density at radius 1 is 1.28 bits per heavy atom. The van der Waals surface area contributed by atoms with Crippen LogP contribution in [0.4, 0.5) is 24.8 Å². The zero-order valence-electron chi connectivity index (χ0n) is 10.7. The summed E-state index contributed by atoms with van der Waals surface area (Å²) in [6, 6.07) is 1.52. The van der Waals surface area contributed by atoms with Crippen molar-refractivity contribution in [3.63, 3.8) is 0 Å². The van der Waals surface area contributed by atoms with Gasteiger partial charge in [0.25, 0.3) is 0 Å². The normalized spacial score (nSPS) is 11.4. The van der Waals surface area contributed by atoms with Gasteiger partial charge in [-0.3, -0.25) is 0 Å². The molecule has 0 spiro atoms. The molecular weight excluding hydrogens is 245 g/mol. The van der Waals surface area contributed by atoms with Crippen LogP contribution in [-0.4, -0.2) is 30.1 Å². The van der Waals surface area contributed by atoms with Crippen molar-refractivity contribution in [1.29, 1.82) is 0 Å². The molecule has 0 saturated carbocycles. The molecule has 18 heavy (non-hydrogen) atoms. The molecule has 0 radical (unpaired) electrons. The summed E-state index contributed by atoms with van der Waals surface area (Å²) in [5.41, 5.74) is 0. The summed E-state index contributed by atoms with van der Waals surface area (Å²) in [6.07, 6.45) is -3.72. The summed E-state index contributed by atoms with van der Waals surface area (Å²) in [4.78, 5) is 8.65. The molecule has 4 nitrogen and oxygen atoms in total. The van der Waals surface area contributed by atoms with Crippen molar-refractivity contribution < 1.29 is 13.2 Å². The van der Waals surface area contributed by atoms with Gasteiger partial charge in [0.05, 0.1) is 0 Å². The lowest BCUT2D eigenvalue weighted by Crippen LogP contribution is -2.21. The van der Waals surface area contributed by atoms with Gasteiger partial charge in [-0.05, 0) is 13.3 Å². The summed E-state index contributed by atoms with van der Waals surface area (Å²) < 4.78 is 38.0. The van der Waals surface area contributed by atoms with Gasteiger partial charge in [0, 0.05) is 26.2 Å². The molecule has 1 N–H and O–H groups in total. The van der Waals surface area contributed by atoms with E-state index in [0.717, 1.165) is 6.42 Å². The average Bonchev–Trinajstić information content (AvgIpc) is 2.33. The number of nitrogens with zero attached hydrogens (tertiary/aromatic N) is 3. The summed E-state index contributed by atoms with van der Waals surface area (Å²) in [5, 5.41) is 2.85. The lowest BCUT2D eigenvalue weighted by Gasteiger charge is -2.18. The largest absolute Gasteiger partial charge is 0.451 e. The van der Waals surface area contributed by atoms with Crippen LogP contribution in [0.1, 0.15) is 26.1 Å². The van der Waals surface area contributed by atoms with Gasteiger partial charge < -0.3 is 10.2 Å². The summed E-state index contributed by atoms with van der Waals surface area (Å²) >= 11 is 0. The van der Waals surface area contributed by atoms with Crippen molar-refractivity contribution in [2.75, 3.05) is 30.4 Å². The first-order chi connectivity index (χ1) is 8.38. The molecule has 7 heteroatoms. The molecule has 1 rings (SSSR count). The van der Waals surface area contributed by atoms with Gasteiger partial charge in [-0.15, -0.1) is 0 Å². The highest BCUT2D eigenvalue weighted by Gasteiger charge is 2.35. The SMILES string of the molecule is CCCNc1cc(N(C)CC)nc(C(F)(F)F)n1. The molecule has 1 aromatic heterocycles. The lowest BCUT2D eigenvalue weighted by molar-refractivity contribution is -0.144. The van der Waals surface area contributed by atoms with E-state index in [2.05, 4.69) is 15.3 Å². The van der Waals surface area contributed by atoms with Crippen LogP contribution in [0.5, 0.6) is 0 Å². The van der Waals surface area contributed by atoms with Crippen LogP contribution in [0.3, 0.4) is 0 Å². The van der Waals surface area contributed by atoms with E-state index in [4.69, 9.17) is 0 Å². The van der Waals surface area contributed by atoms with Crippen molar-refractivity contribution in [2.45, 2.75) is 26.4 Å². The molecule has 0 aliphatic rings. The fraction of sp³-hybridized carbons (Fsp3) is 0.636. The van der Waals surface area contributed by atoms with Gasteiger partial charge in [-0.2, -0.15) is 13.2 Å². The van der Waals surface area contributed by atoms with Gasteiger partial charge in [0.1, 0.15) is 11.6 Å². The molecule has 0 amide bonds. The molecule has 1 aromatic rings. The smallest absolute Gasteiger partial charge is 0.370 e. The van der Waals surface area contributed by atoms with Crippen LogP contribution >= 0.6 is 0 Å². The molecular formula is C11H17F3N4. The number of anilines is 2. The average molecular weight is 262 g/mol. The third kappa shape index (κ3) is 3.75. The molecule has 0 fully saturated rings. The molecule has 0 bridgehead atoms. The second-order valence-electron chi connectivity index (χ2n) is 3.87. The predicted molar refractivity (Wildman–Crippen MR) is 64.8 cm³/mol. The van der Waals surface area contributed by atoms with E-state index in [9.17, 15) is 13.2 Å². The van der Waals surface area contributed by atoms with E-state index in [-0.39, 0.29) is 11.6 Å². The maximum Gasteiger partial charge on any atom is 0.451 e. The molecule has 0 aliphatic heterocycles. The number of hydrogen-bond acceptors (Lipinski definition) is 4. The van der Waals surface area contributed by atoms with E-state index < -0.39 is 12.0 Å². The van der Waals surface area contributed by atoms with E-state index in [0.29, 0.717) is 13.1 Å². The summed E-state index contributed by atoms with van der Waals surface area (Å²) in [6.45, 7) is 4.91. The first kappa shape index (κ1) is 14.5. The Morgan fingerprint density at radius 3 is 2.44 bits per heavy atom. The zero-order chi connectivity index (χ0) is 13.8. The van der Waals surface area contributed by atoms with Gasteiger partial charge in [-0.25, -0.2) is 9.97 Å². The second-order valence-corrected chi connectivity index (χ2v) is 3.87. The third-order valence-corrected chi connectivity index (χ3v) is 2.39. The Labute approximate surface area is 104 Å². The van der Waals surface area contributed by atoms with Crippen LogP contribution in [-0.2, 0) is 6.18 Å². The zero-order valence-corrected chi connectivity index (χ0v) is 10.7. The number of hydrogen-bond donors (Lipinski definition) is 1. The highest BCUT2D eigenvalue weighted by molar-refractivity contribution is 5.49. The Kier molecular flexibility index (Phi) is 4.75. The van der Waals surface area contributed by atoms with Gasteiger partial charge in [0.2, 0.25) is 5.82 Å². The Hall–Kier alpha value is -1.53. The molecule has 0 saturated heterocycles. The van der Waals surface area contributed by atoms with E-state index in [1.54, 1.807) is 11.9 Å². The molecule has 0 aliphatic carbocycles. The minimum atomic E-state index is -4.53. The third-order valence-electron chi connectivity index (χ3n) is 2.39. The fourth-order valence-corrected chi connectivity index (χ4v) is 1.26. The fourth-order valence-electron chi connectivity index (χ4n) is 1.26. The van der Waals surface area contributed by atoms with Crippen LogP contribution in [0.15, 0.2) is 6.07 Å². The van der Waals surface area contributed by atoms with E-state index in [1.807, 2.05) is 13.8 Å². The van der Waals surface area contributed by atoms with Crippen LogP contribution in [0, 0.1) is 0 Å². The molecule has 0 unspecified atom stereocenters. The minimum absolute atomic E-state index is 0.203. The molecule has 0 atom stereocenters. The maximum atomic E-state index is 12.7. The number of halogens is 3. The highest BCUT2D eigenvalue weighted by atomic mass is 19.4.